The van der Waals surface area contributed by atoms with E-state index >= 15 is 0 Å². The van der Waals surface area contributed by atoms with Gasteiger partial charge < -0.3 is 20.5 Å². The number of rotatable bonds is 12. The summed E-state index contributed by atoms with van der Waals surface area (Å²) in [5, 5.41) is 14.7. The maximum atomic E-state index is 12.4. The highest BCUT2D eigenvalue weighted by Crippen LogP contribution is 2.44. The number of carbonyl (C=O) groups is 3. The Morgan fingerprint density at radius 1 is 0.971 bits per heavy atom. The number of amides is 2. The summed E-state index contributed by atoms with van der Waals surface area (Å²) < 4.78 is 5.57. The maximum Gasteiger partial charge on any atom is 0.407 e. The molecule has 2 amide bonds. The average molecular weight is 481 g/mol. The molecule has 1 aliphatic carbocycles. The fourth-order valence-electron chi connectivity index (χ4n) is 4.67. The molecule has 2 atom stereocenters. The molecule has 2 aromatic rings. The summed E-state index contributed by atoms with van der Waals surface area (Å²) >= 11 is 0. The lowest BCUT2D eigenvalue weighted by Crippen LogP contribution is -2.44. The fourth-order valence-corrected chi connectivity index (χ4v) is 4.67. The van der Waals surface area contributed by atoms with Gasteiger partial charge in [0, 0.05) is 18.9 Å². The quantitative estimate of drug-likeness (QED) is 0.399. The van der Waals surface area contributed by atoms with Crippen LogP contribution in [-0.4, -0.2) is 42.3 Å². The van der Waals surface area contributed by atoms with Gasteiger partial charge in [0.2, 0.25) is 5.91 Å². The smallest absolute Gasteiger partial charge is 0.407 e. The number of hydrogen-bond acceptors (Lipinski definition) is 4. The fraction of sp³-hybridized carbons (Fsp3) is 0.464. The Morgan fingerprint density at radius 2 is 1.57 bits per heavy atom. The first-order valence-corrected chi connectivity index (χ1v) is 12.4. The topological polar surface area (TPSA) is 105 Å². The number of alkyl carbamates (subject to hydrolysis) is 1. The van der Waals surface area contributed by atoms with Gasteiger partial charge in [-0.25, -0.2) is 9.59 Å². The zero-order chi connectivity index (χ0) is 25.4. The minimum atomic E-state index is -1.02. The van der Waals surface area contributed by atoms with Gasteiger partial charge in [0.15, 0.2) is 0 Å². The molecular weight excluding hydrogens is 444 g/mol. The van der Waals surface area contributed by atoms with Gasteiger partial charge in [0.25, 0.3) is 0 Å². The van der Waals surface area contributed by atoms with Crippen LogP contribution in [0.25, 0.3) is 11.1 Å². The number of aliphatic carboxylic acids is 1. The van der Waals surface area contributed by atoms with E-state index in [1.807, 2.05) is 31.2 Å². The third-order valence-electron chi connectivity index (χ3n) is 6.77. The number of benzene rings is 2. The molecule has 7 heteroatoms. The summed E-state index contributed by atoms with van der Waals surface area (Å²) in [6.07, 6.45) is 2.05. The lowest BCUT2D eigenvalue weighted by molar-refractivity contribution is -0.143. The van der Waals surface area contributed by atoms with Gasteiger partial charge in [-0.3, -0.25) is 4.79 Å². The molecule has 2 aromatic carbocycles. The van der Waals surface area contributed by atoms with Crippen LogP contribution in [0.3, 0.4) is 0 Å². The highest BCUT2D eigenvalue weighted by atomic mass is 16.5. The first kappa shape index (κ1) is 26.3. The molecule has 3 rings (SSSR count). The van der Waals surface area contributed by atoms with Gasteiger partial charge in [0.1, 0.15) is 12.6 Å². The summed E-state index contributed by atoms with van der Waals surface area (Å²) in [6.45, 7) is 6.31. The Hall–Kier alpha value is -3.35. The summed E-state index contributed by atoms with van der Waals surface area (Å²) in [6, 6.07) is 15.6. The van der Waals surface area contributed by atoms with Crippen LogP contribution in [0.5, 0.6) is 0 Å². The van der Waals surface area contributed by atoms with Crippen molar-refractivity contribution in [3.05, 3.63) is 59.7 Å². The Kier molecular flexibility index (Phi) is 9.29. The van der Waals surface area contributed by atoms with Crippen LogP contribution < -0.4 is 10.6 Å². The Bertz CT molecular complexity index is 990. The normalized spacial score (nSPS) is 14.1. The molecule has 0 radical (unpaired) electrons. The van der Waals surface area contributed by atoms with Crippen molar-refractivity contribution in [1.82, 2.24) is 10.6 Å². The van der Waals surface area contributed by atoms with Gasteiger partial charge in [-0.15, -0.1) is 0 Å². The zero-order valence-corrected chi connectivity index (χ0v) is 20.8. The van der Waals surface area contributed by atoms with E-state index in [9.17, 15) is 19.5 Å². The second-order valence-electron chi connectivity index (χ2n) is 9.48. The van der Waals surface area contributed by atoms with Crippen LogP contribution in [-0.2, 0) is 14.3 Å². The Morgan fingerprint density at radius 3 is 2.11 bits per heavy atom. The number of nitrogens with one attached hydrogen (secondary N) is 2. The number of carbonyl (C=O) groups excluding carboxylic acids is 2. The van der Waals surface area contributed by atoms with E-state index in [1.54, 1.807) is 13.8 Å². The first-order valence-electron chi connectivity index (χ1n) is 12.4. The van der Waals surface area contributed by atoms with Crippen LogP contribution >= 0.6 is 0 Å². The van der Waals surface area contributed by atoms with Crippen molar-refractivity contribution in [3.8, 4) is 11.1 Å². The SMILES string of the molecule is CCC(CCNC(=O)OCC1c2ccccc2-c2ccccc21)CCC(=O)NC(C(=O)O)C(C)C. The molecule has 0 heterocycles. The van der Waals surface area contributed by atoms with Crippen LogP contribution in [0.1, 0.15) is 63.5 Å². The van der Waals surface area contributed by atoms with Gasteiger partial charge in [0.05, 0.1) is 0 Å². The number of hydrogen-bond donors (Lipinski definition) is 3. The summed E-state index contributed by atoms with van der Waals surface area (Å²) in [5.41, 5.74) is 4.73. The third-order valence-corrected chi connectivity index (χ3v) is 6.77. The molecule has 0 aromatic heterocycles. The largest absolute Gasteiger partial charge is 0.480 e. The molecule has 35 heavy (non-hydrogen) atoms. The molecule has 0 fully saturated rings. The van der Waals surface area contributed by atoms with Crippen molar-refractivity contribution in [2.45, 2.75) is 58.4 Å². The van der Waals surface area contributed by atoms with E-state index in [-0.39, 0.29) is 36.7 Å². The Balaban J connectivity index is 1.41. The second kappa shape index (κ2) is 12.4. The molecule has 1 aliphatic rings. The van der Waals surface area contributed by atoms with Crippen molar-refractivity contribution in [3.63, 3.8) is 0 Å². The molecular formula is C28H36N2O5. The summed E-state index contributed by atoms with van der Waals surface area (Å²) in [5.74, 6) is -1.19. The van der Waals surface area contributed by atoms with Crippen molar-refractivity contribution >= 4 is 18.0 Å². The molecule has 2 unspecified atom stereocenters. The molecule has 0 spiro atoms. The third kappa shape index (κ3) is 6.84. The van der Waals surface area contributed by atoms with E-state index < -0.39 is 18.1 Å². The van der Waals surface area contributed by atoms with Crippen LogP contribution in [0.2, 0.25) is 0 Å². The van der Waals surface area contributed by atoms with Gasteiger partial charge in [-0.1, -0.05) is 75.7 Å². The van der Waals surface area contributed by atoms with E-state index in [2.05, 4.69) is 34.9 Å². The van der Waals surface area contributed by atoms with Crippen molar-refractivity contribution in [2.75, 3.05) is 13.2 Å². The number of carboxylic acids is 1. The molecule has 0 aliphatic heterocycles. The van der Waals surface area contributed by atoms with Crippen molar-refractivity contribution in [2.24, 2.45) is 11.8 Å². The molecule has 7 nitrogen and oxygen atoms in total. The van der Waals surface area contributed by atoms with Crippen molar-refractivity contribution in [1.29, 1.82) is 0 Å². The number of fused-ring (bicyclic) bond motifs is 3. The second-order valence-corrected chi connectivity index (χ2v) is 9.48. The van der Waals surface area contributed by atoms with Crippen molar-refractivity contribution < 1.29 is 24.2 Å². The highest BCUT2D eigenvalue weighted by molar-refractivity contribution is 5.83. The summed E-state index contributed by atoms with van der Waals surface area (Å²) in [7, 11) is 0. The van der Waals surface area contributed by atoms with Crippen LogP contribution in [0, 0.1) is 11.8 Å². The highest BCUT2D eigenvalue weighted by Gasteiger charge is 2.29. The maximum absolute atomic E-state index is 12.4. The molecule has 188 valence electrons. The zero-order valence-electron chi connectivity index (χ0n) is 20.8. The van der Waals surface area contributed by atoms with E-state index in [0.717, 1.165) is 12.8 Å². The number of carboxylic acid groups (broad SMARTS) is 1. The van der Waals surface area contributed by atoms with E-state index in [1.165, 1.54) is 22.3 Å². The van der Waals surface area contributed by atoms with E-state index in [0.29, 0.717) is 13.0 Å². The van der Waals surface area contributed by atoms with Crippen LogP contribution in [0.15, 0.2) is 48.5 Å². The predicted molar refractivity (Wildman–Crippen MR) is 135 cm³/mol. The first-order chi connectivity index (χ1) is 16.8. The van der Waals surface area contributed by atoms with Gasteiger partial charge in [-0.05, 0) is 46.9 Å². The van der Waals surface area contributed by atoms with E-state index in [4.69, 9.17) is 4.74 Å². The van der Waals surface area contributed by atoms with Crippen LogP contribution in [0.4, 0.5) is 4.79 Å². The standard InChI is InChI=1S/C28H36N2O5/c1-4-19(13-14-25(31)30-26(18(2)3)27(32)33)15-16-29-28(34)35-17-24-22-11-7-5-9-20(22)21-10-6-8-12-23(21)24/h5-12,18-19,24,26H,4,13-17H2,1-3H3,(H,29,34)(H,30,31)(H,32,33). The molecule has 0 bridgehead atoms. The van der Waals surface area contributed by atoms with Gasteiger partial charge >= 0.3 is 12.1 Å². The minimum absolute atomic E-state index is 0.0236. The molecule has 0 saturated carbocycles. The molecule has 3 N–H and O–H groups in total. The predicted octanol–water partition coefficient (Wildman–Crippen LogP) is 4.95. The average Bonchev–Trinajstić information content (AvgIpc) is 3.16. The number of ether oxygens (including phenoxy) is 1. The minimum Gasteiger partial charge on any atom is -0.480 e. The lowest BCUT2D eigenvalue weighted by Gasteiger charge is -2.19. The summed E-state index contributed by atoms with van der Waals surface area (Å²) in [4.78, 5) is 35.8. The lowest BCUT2D eigenvalue weighted by atomic mass is 9.96. The monoisotopic (exact) mass is 480 g/mol. The van der Waals surface area contributed by atoms with Gasteiger partial charge in [-0.2, -0.15) is 0 Å². The Labute approximate surface area is 207 Å². The molecule has 0 saturated heterocycles.